The summed E-state index contributed by atoms with van der Waals surface area (Å²) in [7, 11) is 1.62. The van der Waals surface area contributed by atoms with Crippen molar-refractivity contribution in [3.05, 3.63) is 42.1 Å². The van der Waals surface area contributed by atoms with Crippen molar-refractivity contribution >= 4 is 11.6 Å². The van der Waals surface area contributed by atoms with Crippen LogP contribution in [0.4, 0.5) is 5.69 Å². The molecule has 172 valence electrons. The molecule has 1 aromatic heterocycles. The SMILES string of the molecule is COc1ncccc1CN=C(NCCCOCC1CC1)Nc1ccc2c(c1)OCCCO2. The number of hydrogen-bond acceptors (Lipinski definition) is 6. The van der Waals surface area contributed by atoms with E-state index in [1.54, 1.807) is 13.3 Å². The number of methoxy groups -OCH3 is 1. The van der Waals surface area contributed by atoms with Crippen molar-refractivity contribution in [2.24, 2.45) is 10.9 Å². The fourth-order valence-corrected chi connectivity index (χ4v) is 3.33. The van der Waals surface area contributed by atoms with Crippen molar-refractivity contribution in [2.45, 2.75) is 32.2 Å². The first-order chi connectivity index (χ1) is 15.8. The van der Waals surface area contributed by atoms with Crippen molar-refractivity contribution in [1.82, 2.24) is 10.3 Å². The van der Waals surface area contributed by atoms with Crippen LogP contribution in [0, 0.1) is 5.92 Å². The van der Waals surface area contributed by atoms with Crippen LogP contribution in [0.25, 0.3) is 0 Å². The van der Waals surface area contributed by atoms with E-state index in [1.807, 2.05) is 30.3 Å². The number of benzene rings is 1. The average molecular weight is 441 g/mol. The number of aliphatic imine (C=N–C) groups is 1. The lowest BCUT2D eigenvalue weighted by Gasteiger charge is -2.15. The number of guanidine groups is 1. The molecular weight excluding hydrogens is 408 g/mol. The van der Waals surface area contributed by atoms with Gasteiger partial charge in [0.1, 0.15) is 0 Å². The van der Waals surface area contributed by atoms with E-state index in [0.717, 1.165) is 61.3 Å². The number of nitrogens with zero attached hydrogens (tertiary/aromatic N) is 2. The van der Waals surface area contributed by atoms with E-state index in [2.05, 4.69) is 15.6 Å². The first-order valence-electron chi connectivity index (χ1n) is 11.3. The van der Waals surface area contributed by atoms with Crippen LogP contribution in [0.5, 0.6) is 17.4 Å². The normalized spacial score (nSPS) is 15.7. The molecule has 0 bridgehead atoms. The molecule has 1 aliphatic heterocycles. The average Bonchev–Trinajstić information content (AvgIpc) is 3.66. The highest BCUT2D eigenvalue weighted by Crippen LogP contribution is 2.32. The quantitative estimate of drug-likeness (QED) is 0.331. The number of nitrogens with one attached hydrogen (secondary N) is 2. The predicted octanol–water partition coefficient (Wildman–Crippen LogP) is 3.63. The molecule has 2 N–H and O–H groups in total. The van der Waals surface area contributed by atoms with Crippen LogP contribution >= 0.6 is 0 Å². The summed E-state index contributed by atoms with van der Waals surface area (Å²) < 4.78 is 22.6. The maximum atomic E-state index is 5.81. The van der Waals surface area contributed by atoms with E-state index in [4.69, 9.17) is 23.9 Å². The monoisotopic (exact) mass is 440 g/mol. The number of hydrogen-bond donors (Lipinski definition) is 2. The van der Waals surface area contributed by atoms with Crippen LogP contribution in [0.15, 0.2) is 41.5 Å². The van der Waals surface area contributed by atoms with E-state index < -0.39 is 0 Å². The van der Waals surface area contributed by atoms with Crippen LogP contribution in [0.1, 0.15) is 31.2 Å². The third-order valence-electron chi connectivity index (χ3n) is 5.27. The summed E-state index contributed by atoms with van der Waals surface area (Å²) in [6.45, 7) is 4.15. The fourth-order valence-electron chi connectivity index (χ4n) is 3.33. The van der Waals surface area contributed by atoms with Gasteiger partial charge in [0.25, 0.3) is 0 Å². The predicted molar refractivity (Wildman–Crippen MR) is 124 cm³/mol. The van der Waals surface area contributed by atoms with Crippen molar-refractivity contribution in [1.29, 1.82) is 0 Å². The minimum absolute atomic E-state index is 0.440. The van der Waals surface area contributed by atoms with Gasteiger partial charge < -0.3 is 29.6 Å². The maximum Gasteiger partial charge on any atom is 0.218 e. The van der Waals surface area contributed by atoms with Crippen LogP contribution in [-0.4, -0.2) is 51.0 Å². The summed E-state index contributed by atoms with van der Waals surface area (Å²) in [6, 6.07) is 9.69. The molecule has 1 aliphatic carbocycles. The molecule has 0 radical (unpaired) electrons. The fraction of sp³-hybridized carbons (Fsp3) is 0.500. The number of rotatable bonds is 10. The summed E-state index contributed by atoms with van der Waals surface area (Å²) in [5.74, 6) is 3.56. The standard InChI is InChI=1S/C24H32N4O4/c1-29-23-19(5-2-10-25-23)16-27-24(26-11-3-12-30-17-18-6-7-18)28-20-8-9-21-22(15-20)32-14-4-13-31-21/h2,5,8-10,15,18H,3-4,6-7,11-14,16-17H2,1H3,(H2,26,27,28). The highest BCUT2D eigenvalue weighted by Gasteiger charge is 2.20. The van der Waals surface area contributed by atoms with Crippen LogP contribution in [0.2, 0.25) is 0 Å². The first kappa shape index (κ1) is 22.2. The molecule has 8 heteroatoms. The molecule has 0 saturated heterocycles. The Labute approximate surface area is 189 Å². The molecule has 4 rings (SSSR count). The molecule has 0 unspecified atom stereocenters. The van der Waals surface area contributed by atoms with E-state index in [9.17, 15) is 0 Å². The molecular formula is C24H32N4O4. The minimum atomic E-state index is 0.440. The summed E-state index contributed by atoms with van der Waals surface area (Å²) in [4.78, 5) is 9.00. The minimum Gasteiger partial charge on any atom is -0.490 e. The summed E-state index contributed by atoms with van der Waals surface area (Å²) >= 11 is 0. The second-order valence-electron chi connectivity index (χ2n) is 7.97. The third-order valence-corrected chi connectivity index (χ3v) is 5.27. The number of ether oxygens (including phenoxy) is 4. The largest absolute Gasteiger partial charge is 0.490 e. The number of fused-ring (bicyclic) bond motifs is 1. The van der Waals surface area contributed by atoms with Crippen molar-refractivity contribution < 1.29 is 18.9 Å². The Morgan fingerprint density at radius 2 is 2.06 bits per heavy atom. The second kappa shape index (κ2) is 11.6. The molecule has 1 saturated carbocycles. The molecule has 8 nitrogen and oxygen atoms in total. The number of pyridine rings is 1. The Bertz CT molecular complexity index is 901. The lowest BCUT2D eigenvalue weighted by molar-refractivity contribution is 0.123. The summed E-state index contributed by atoms with van der Waals surface area (Å²) in [6.07, 6.45) is 6.12. The summed E-state index contributed by atoms with van der Waals surface area (Å²) in [5, 5.41) is 6.78. The molecule has 2 aromatic rings. The molecule has 2 aliphatic rings. The molecule has 2 heterocycles. The lowest BCUT2D eigenvalue weighted by Crippen LogP contribution is -2.32. The molecule has 32 heavy (non-hydrogen) atoms. The summed E-state index contributed by atoms with van der Waals surface area (Å²) in [5.41, 5.74) is 1.80. The van der Waals surface area contributed by atoms with Gasteiger partial charge in [-0.05, 0) is 43.4 Å². The Morgan fingerprint density at radius 1 is 1.19 bits per heavy atom. The molecule has 0 atom stereocenters. The van der Waals surface area contributed by atoms with Crippen LogP contribution in [0.3, 0.4) is 0 Å². The third kappa shape index (κ3) is 6.75. The van der Waals surface area contributed by atoms with Gasteiger partial charge >= 0.3 is 0 Å². The van der Waals surface area contributed by atoms with Gasteiger partial charge in [0, 0.05) is 49.7 Å². The van der Waals surface area contributed by atoms with Gasteiger partial charge in [0.05, 0.1) is 26.9 Å². The van der Waals surface area contributed by atoms with E-state index in [-0.39, 0.29) is 0 Å². The Kier molecular flexibility index (Phi) is 8.03. The first-order valence-corrected chi connectivity index (χ1v) is 11.3. The molecule has 0 spiro atoms. The van der Waals surface area contributed by atoms with Gasteiger partial charge in [-0.25, -0.2) is 9.98 Å². The molecule has 0 amide bonds. The van der Waals surface area contributed by atoms with Crippen molar-refractivity contribution in [3.8, 4) is 17.4 Å². The van der Waals surface area contributed by atoms with E-state index >= 15 is 0 Å². The topological polar surface area (TPSA) is 86.2 Å². The van der Waals surface area contributed by atoms with Gasteiger partial charge in [0.15, 0.2) is 17.5 Å². The number of anilines is 1. The molecule has 1 fully saturated rings. The number of aromatic nitrogens is 1. The smallest absolute Gasteiger partial charge is 0.218 e. The van der Waals surface area contributed by atoms with Crippen molar-refractivity contribution in [2.75, 3.05) is 45.4 Å². The highest BCUT2D eigenvalue weighted by atomic mass is 16.5. The van der Waals surface area contributed by atoms with Crippen LogP contribution < -0.4 is 24.8 Å². The highest BCUT2D eigenvalue weighted by molar-refractivity contribution is 5.94. The lowest BCUT2D eigenvalue weighted by atomic mass is 10.2. The van der Waals surface area contributed by atoms with Gasteiger partial charge in [-0.1, -0.05) is 6.07 Å². The van der Waals surface area contributed by atoms with E-state index in [1.165, 1.54) is 12.8 Å². The van der Waals surface area contributed by atoms with Crippen LogP contribution in [-0.2, 0) is 11.3 Å². The second-order valence-corrected chi connectivity index (χ2v) is 7.97. The Hall–Kier alpha value is -3.00. The van der Waals surface area contributed by atoms with E-state index in [0.29, 0.717) is 31.6 Å². The zero-order valence-electron chi connectivity index (χ0n) is 18.6. The Morgan fingerprint density at radius 3 is 2.91 bits per heavy atom. The zero-order chi connectivity index (χ0) is 22.0. The van der Waals surface area contributed by atoms with Gasteiger partial charge in [-0.3, -0.25) is 0 Å². The Balaban J connectivity index is 1.39. The molecule has 1 aromatic carbocycles. The van der Waals surface area contributed by atoms with Gasteiger partial charge in [-0.2, -0.15) is 0 Å². The van der Waals surface area contributed by atoms with Crippen molar-refractivity contribution in [3.63, 3.8) is 0 Å². The maximum absolute atomic E-state index is 5.81. The van der Waals surface area contributed by atoms with Gasteiger partial charge in [-0.15, -0.1) is 0 Å². The zero-order valence-corrected chi connectivity index (χ0v) is 18.6. The van der Waals surface area contributed by atoms with Gasteiger partial charge in [0.2, 0.25) is 5.88 Å².